The predicted molar refractivity (Wildman–Crippen MR) is 47.8 cm³/mol. The van der Waals surface area contributed by atoms with E-state index in [-0.39, 0.29) is 18.8 Å². The highest BCUT2D eigenvalue weighted by atomic mass is 16.7. The van der Waals surface area contributed by atoms with Gasteiger partial charge in [0.1, 0.15) is 12.9 Å². The molecule has 0 spiro atoms. The van der Waals surface area contributed by atoms with E-state index in [1.807, 2.05) is 13.8 Å². The van der Waals surface area contributed by atoms with Crippen molar-refractivity contribution in [3.63, 3.8) is 0 Å². The molecule has 0 aliphatic carbocycles. The van der Waals surface area contributed by atoms with E-state index in [4.69, 9.17) is 9.47 Å². The minimum Gasteiger partial charge on any atom is -0.390 e. The molecule has 0 aliphatic heterocycles. The topological polar surface area (TPSA) is 38.7 Å². The summed E-state index contributed by atoms with van der Waals surface area (Å²) in [6.07, 6.45) is 0.728. The second kappa shape index (κ2) is 6.17. The average molecular weight is 174 g/mol. The first kappa shape index (κ1) is 11.6. The van der Waals surface area contributed by atoms with Gasteiger partial charge in [-0.15, -0.1) is 6.58 Å². The fourth-order valence-corrected chi connectivity index (χ4v) is 0.832. The Kier molecular flexibility index (Phi) is 5.98. The minimum atomic E-state index is -0.516. The van der Waals surface area contributed by atoms with E-state index >= 15 is 0 Å². The molecule has 0 fully saturated rings. The van der Waals surface area contributed by atoms with E-state index in [9.17, 15) is 5.11 Å². The first-order valence-corrected chi connectivity index (χ1v) is 4.04. The molecule has 0 bridgehead atoms. The van der Waals surface area contributed by atoms with Gasteiger partial charge in [-0.1, -0.05) is 19.9 Å². The monoisotopic (exact) mass is 174 g/mol. The first-order chi connectivity index (χ1) is 5.63. The van der Waals surface area contributed by atoms with Crippen molar-refractivity contribution >= 4 is 0 Å². The summed E-state index contributed by atoms with van der Waals surface area (Å²) in [5.74, 6) is 0.157. The van der Waals surface area contributed by atoms with Gasteiger partial charge in [-0.25, -0.2) is 0 Å². The van der Waals surface area contributed by atoms with Crippen molar-refractivity contribution in [2.24, 2.45) is 5.92 Å². The van der Waals surface area contributed by atoms with Gasteiger partial charge in [0.05, 0.1) is 6.10 Å². The third-order valence-electron chi connectivity index (χ3n) is 1.63. The van der Waals surface area contributed by atoms with Crippen LogP contribution in [0.25, 0.3) is 0 Å². The molecule has 12 heavy (non-hydrogen) atoms. The summed E-state index contributed by atoms with van der Waals surface area (Å²) in [5, 5.41) is 9.56. The molecule has 2 unspecified atom stereocenters. The van der Waals surface area contributed by atoms with Gasteiger partial charge in [-0.05, 0) is 5.92 Å². The van der Waals surface area contributed by atoms with Crippen LogP contribution >= 0.6 is 0 Å². The van der Waals surface area contributed by atoms with E-state index in [1.54, 1.807) is 13.2 Å². The van der Waals surface area contributed by atoms with Crippen molar-refractivity contribution in [1.29, 1.82) is 0 Å². The summed E-state index contributed by atoms with van der Waals surface area (Å²) in [6, 6.07) is 0. The third kappa shape index (κ3) is 3.85. The zero-order chi connectivity index (χ0) is 9.56. The van der Waals surface area contributed by atoms with Gasteiger partial charge in [0.25, 0.3) is 0 Å². The zero-order valence-electron chi connectivity index (χ0n) is 7.99. The summed E-state index contributed by atoms with van der Waals surface area (Å²) in [4.78, 5) is 0. The molecule has 3 heteroatoms. The van der Waals surface area contributed by atoms with Gasteiger partial charge in [0, 0.05) is 7.11 Å². The maximum absolute atomic E-state index is 9.56. The molecule has 0 heterocycles. The lowest BCUT2D eigenvalue weighted by Crippen LogP contribution is -2.32. The van der Waals surface area contributed by atoms with Crippen molar-refractivity contribution < 1.29 is 14.6 Å². The molecular formula is C9H18O3. The Bertz CT molecular complexity index is 123. The average Bonchev–Trinajstić information content (AvgIpc) is 2.05. The van der Waals surface area contributed by atoms with Gasteiger partial charge in [-0.3, -0.25) is 0 Å². The molecule has 0 rings (SSSR count). The van der Waals surface area contributed by atoms with Crippen LogP contribution in [0.1, 0.15) is 13.8 Å². The van der Waals surface area contributed by atoms with Gasteiger partial charge in [0.15, 0.2) is 0 Å². The van der Waals surface area contributed by atoms with Gasteiger partial charge in [0.2, 0.25) is 0 Å². The highest BCUT2D eigenvalue weighted by molar-refractivity contribution is 4.87. The number of hydrogen-bond donors (Lipinski definition) is 1. The molecule has 3 nitrogen and oxygen atoms in total. The third-order valence-corrected chi connectivity index (χ3v) is 1.63. The van der Waals surface area contributed by atoms with Crippen molar-refractivity contribution in [3.8, 4) is 0 Å². The summed E-state index contributed by atoms with van der Waals surface area (Å²) in [7, 11) is 1.54. The summed E-state index contributed by atoms with van der Waals surface area (Å²) < 4.78 is 9.90. The van der Waals surface area contributed by atoms with Crippen molar-refractivity contribution in [2.45, 2.75) is 26.1 Å². The van der Waals surface area contributed by atoms with E-state index in [0.717, 1.165) is 0 Å². The van der Waals surface area contributed by atoms with E-state index in [1.165, 1.54) is 0 Å². The van der Waals surface area contributed by atoms with Crippen LogP contribution in [-0.2, 0) is 9.47 Å². The van der Waals surface area contributed by atoms with E-state index in [2.05, 4.69) is 6.58 Å². The van der Waals surface area contributed by atoms with Crippen LogP contribution in [0, 0.1) is 5.92 Å². The zero-order valence-corrected chi connectivity index (χ0v) is 7.99. The van der Waals surface area contributed by atoms with Crippen molar-refractivity contribution in [1.82, 2.24) is 0 Å². The SMILES string of the molecule is C=CC(OCOC)C(O)C(C)C. The Labute approximate surface area is 74.0 Å². The quantitative estimate of drug-likeness (QED) is 0.485. The Morgan fingerprint density at radius 1 is 1.50 bits per heavy atom. The minimum absolute atomic E-state index is 0.157. The van der Waals surface area contributed by atoms with Crippen LogP contribution in [-0.4, -0.2) is 31.2 Å². The van der Waals surface area contributed by atoms with Crippen molar-refractivity contribution in [3.05, 3.63) is 12.7 Å². The maximum Gasteiger partial charge on any atom is 0.147 e. The number of aliphatic hydroxyl groups is 1. The summed E-state index contributed by atoms with van der Waals surface area (Å²) >= 11 is 0. The Morgan fingerprint density at radius 3 is 2.42 bits per heavy atom. The second-order valence-corrected chi connectivity index (χ2v) is 3.01. The number of rotatable bonds is 6. The standard InChI is InChI=1S/C9H18O3/c1-5-8(12-6-11-4)9(10)7(2)3/h5,7-10H,1,6H2,2-4H3. The largest absolute Gasteiger partial charge is 0.390 e. The molecular weight excluding hydrogens is 156 g/mol. The Morgan fingerprint density at radius 2 is 2.08 bits per heavy atom. The molecule has 0 saturated carbocycles. The van der Waals surface area contributed by atoms with Crippen LogP contribution < -0.4 is 0 Å². The highest BCUT2D eigenvalue weighted by Crippen LogP contribution is 2.10. The first-order valence-electron chi connectivity index (χ1n) is 4.04. The van der Waals surface area contributed by atoms with Crippen LogP contribution in [0.2, 0.25) is 0 Å². The number of methoxy groups -OCH3 is 1. The summed E-state index contributed by atoms with van der Waals surface area (Å²) in [6.45, 7) is 7.61. The molecule has 1 N–H and O–H groups in total. The van der Waals surface area contributed by atoms with Gasteiger partial charge in [-0.2, -0.15) is 0 Å². The molecule has 72 valence electrons. The molecule has 0 radical (unpaired) electrons. The predicted octanol–water partition coefficient (Wildman–Crippen LogP) is 1.18. The number of aliphatic hydroxyl groups excluding tert-OH is 1. The van der Waals surface area contributed by atoms with Crippen LogP contribution in [0.4, 0.5) is 0 Å². The molecule has 0 amide bonds. The van der Waals surface area contributed by atoms with E-state index in [0.29, 0.717) is 0 Å². The number of hydrogen-bond acceptors (Lipinski definition) is 3. The lowest BCUT2D eigenvalue weighted by atomic mass is 10.0. The molecule has 0 aliphatic rings. The lowest BCUT2D eigenvalue weighted by Gasteiger charge is -2.22. The van der Waals surface area contributed by atoms with Crippen molar-refractivity contribution in [2.75, 3.05) is 13.9 Å². The molecule has 0 aromatic heterocycles. The van der Waals surface area contributed by atoms with Gasteiger partial charge < -0.3 is 14.6 Å². The fourth-order valence-electron chi connectivity index (χ4n) is 0.832. The molecule has 2 atom stereocenters. The van der Waals surface area contributed by atoms with Gasteiger partial charge >= 0.3 is 0 Å². The normalized spacial score (nSPS) is 16.1. The smallest absolute Gasteiger partial charge is 0.147 e. The Hall–Kier alpha value is -0.380. The van der Waals surface area contributed by atoms with Crippen LogP contribution in [0.15, 0.2) is 12.7 Å². The molecule has 0 aromatic rings. The maximum atomic E-state index is 9.56. The second-order valence-electron chi connectivity index (χ2n) is 3.01. The Balaban J connectivity index is 3.87. The highest BCUT2D eigenvalue weighted by Gasteiger charge is 2.19. The lowest BCUT2D eigenvalue weighted by molar-refractivity contribution is -0.102. The fraction of sp³-hybridized carbons (Fsp3) is 0.778. The molecule has 0 aromatic carbocycles. The van der Waals surface area contributed by atoms with Crippen LogP contribution in [0.5, 0.6) is 0 Å². The summed E-state index contributed by atoms with van der Waals surface area (Å²) in [5.41, 5.74) is 0. The molecule has 0 saturated heterocycles. The number of ether oxygens (including phenoxy) is 2. The van der Waals surface area contributed by atoms with Crippen LogP contribution in [0.3, 0.4) is 0 Å². The van der Waals surface area contributed by atoms with E-state index < -0.39 is 6.10 Å².